The summed E-state index contributed by atoms with van der Waals surface area (Å²) in [6.07, 6.45) is 3.58. The van der Waals surface area contributed by atoms with Gasteiger partial charge in [-0.1, -0.05) is 0 Å². The zero-order valence-corrected chi connectivity index (χ0v) is 10.9. The molecule has 0 spiro atoms. The van der Waals surface area contributed by atoms with E-state index in [-0.39, 0.29) is 0 Å². The van der Waals surface area contributed by atoms with Crippen LogP contribution in [0.5, 0.6) is 0 Å². The second-order valence-electron chi connectivity index (χ2n) is 4.51. The van der Waals surface area contributed by atoms with Gasteiger partial charge >= 0.3 is 0 Å². The largest absolute Gasteiger partial charge is 0.415 e. The highest BCUT2D eigenvalue weighted by Gasteiger charge is 2.23. The summed E-state index contributed by atoms with van der Waals surface area (Å²) in [6, 6.07) is 1.16. The molecular formula is C10H26N2OSi. The number of hydrogen-bond donors (Lipinski definition) is 2. The first-order valence-electron chi connectivity index (χ1n) is 5.60. The molecule has 0 radical (unpaired) electrons. The molecule has 0 saturated heterocycles. The molecule has 86 valence electrons. The number of hydrogen-bond acceptors (Lipinski definition) is 3. The third-order valence-electron chi connectivity index (χ3n) is 2.32. The van der Waals surface area contributed by atoms with Crippen LogP contribution in [0.3, 0.4) is 0 Å². The van der Waals surface area contributed by atoms with Crippen LogP contribution >= 0.6 is 0 Å². The summed E-state index contributed by atoms with van der Waals surface area (Å²) < 4.78 is 6.07. The predicted molar refractivity (Wildman–Crippen MR) is 64.8 cm³/mol. The lowest BCUT2D eigenvalue weighted by Crippen LogP contribution is -2.35. The summed E-state index contributed by atoms with van der Waals surface area (Å²) in [7, 11) is -1.46. The number of rotatable bonds is 8. The Morgan fingerprint density at radius 1 is 1.14 bits per heavy atom. The molecule has 0 bridgehead atoms. The van der Waals surface area contributed by atoms with E-state index in [1.807, 2.05) is 0 Å². The Morgan fingerprint density at radius 3 is 2.21 bits per heavy atom. The lowest BCUT2D eigenvalue weighted by molar-refractivity contribution is 0.198. The summed E-state index contributed by atoms with van der Waals surface area (Å²) in [5, 5.41) is 0. The van der Waals surface area contributed by atoms with Gasteiger partial charge in [0.15, 0.2) is 8.32 Å². The van der Waals surface area contributed by atoms with E-state index in [4.69, 9.17) is 15.9 Å². The van der Waals surface area contributed by atoms with Crippen molar-refractivity contribution >= 4 is 8.32 Å². The Balaban J connectivity index is 3.70. The highest BCUT2D eigenvalue weighted by molar-refractivity contribution is 6.71. The molecule has 0 rings (SSSR count). The predicted octanol–water partition coefficient (Wildman–Crippen LogP) is 1.68. The first-order valence-corrected chi connectivity index (χ1v) is 8.71. The maximum Gasteiger partial charge on any atom is 0.187 e. The van der Waals surface area contributed by atoms with Crippen molar-refractivity contribution in [1.82, 2.24) is 0 Å². The molecule has 0 aliphatic carbocycles. The topological polar surface area (TPSA) is 61.3 Å². The molecule has 14 heavy (non-hydrogen) atoms. The van der Waals surface area contributed by atoms with E-state index >= 15 is 0 Å². The minimum atomic E-state index is -1.46. The first kappa shape index (κ1) is 14.1. The molecular weight excluding hydrogens is 192 g/mol. The van der Waals surface area contributed by atoms with Crippen LogP contribution in [0.4, 0.5) is 0 Å². The van der Waals surface area contributed by atoms with Crippen LogP contribution in [0.25, 0.3) is 0 Å². The van der Waals surface area contributed by atoms with Crippen molar-refractivity contribution in [3.05, 3.63) is 0 Å². The zero-order valence-electron chi connectivity index (χ0n) is 9.88. The smallest absolute Gasteiger partial charge is 0.187 e. The van der Waals surface area contributed by atoms with Crippen LogP contribution in [0.1, 0.15) is 26.2 Å². The molecule has 3 nitrogen and oxygen atoms in total. The minimum Gasteiger partial charge on any atom is -0.415 e. The second kappa shape index (κ2) is 7.40. The van der Waals surface area contributed by atoms with Crippen molar-refractivity contribution in [3.63, 3.8) is 0 Å². The van der Waals surface area contributed by atoms with Gasteiger partial charge in [-0.3, -0.25) is 0 Å². The molecule has 1 atom stereocenters. The van der Waals surface area contributed by atoms with E-state index in [0.29, 0.717) is 6.10 Å². The van der Waals surface area contributed by atoms with Gasteiger partial charge in [0.1, 0.15) is 0 Å². The van der Waals surface area contributed by atoms with Crippen molar-refractivity contribution in [2.24, 2.45) is 11.5 Å². The summed E-state index contributed by atoms with van der Waals surface area (Å²) in [5.74, 6) is 0. The van der Waals surface area contributed by atoms with E-state index < -0.39 is 8.32 Å². The van der Waals surface area contributed by atoms with Gasteiger partial charge in [-0.05, 0) is 58.4 Å². The fourth-order valence-electron chi connectivity index (χ4n) is 1.60. The highest BCUT2D eigenvalue weighted by atomic mass is 28.4. The van der Waals surface area contributed by atoms with E-state index in [1.54, 1.807) is 0 Å². The standard InChI is InChI=1S/C10H26N2OSi/c1-10(6-4-7-11)13-14(2,3)9-5-8-12/h10H,4-9,11-12H2,1-3H3. The molecule has 0 aromatic carbocycles. The monoisotopic (exact) mass is 218 g/mol. The molecule has 0 heterocycles. The summed E-state index contributed by atoms with van der Waals surface area (Å²) in [4.78, 5) is 0. The van der Waals surface area contributed by atoms with Gasteiger partial charge in [0.2, 0.25) is 0 Å². The van der Waals surface area contributed by atoms with Crippen molar-refractivity contribution < 1.29 is 4.43 Å². The van der Waals surface area contributed by atoms with Gasteiger partial charge in [0, 0.05) is 6.10 Å². The van der Waals surface area contributed by atoms with Gasteiger partial charge < -0.3 is 15.9 Å². The normalized spacial score (nSPS) is 14.4. The molecule has 0 fully saturated rings. The van der Waals surface area contributed by atoms with Crippen molar-refractivity contribution in [1.29, 1.82) is 0 Å². The molecule has 1 unspecified atom stereocenters. The molecule has 0 amide bonds. The van der Waals surface area contributed by atoms with E-state index in [1.165, 1.54) is 0 Å². The summed E-state index contributed by atoms with van der Waals surface area (Å²) >= 11 is 0. The Labute approximate surface area is 89.3 Å². The lowest BCUT2D eigenvalue weighted by Gasteiger charge is -2.27. The SMILES string of the molecule is CC(CCCN)O[Si](C)(C)CCCN. The van der Waals surface area contributed by atoms with E-state index in [2.05, 4.69) is 20.0 Å². The van der Waals surface area contributed by atoms with Crippen LogP contribution in [0.15, 0.2) is 0 Å². The van der Waals surface area contributed by atoms with Crippen molar-refractivity contribution in [2.45, 2.75) is 51.4 Å². The number of nitrogens with two attached hydrogens (primary N) is 2. The average molecular weight is 218 g/mol. The van der Waals surface area contributed by atoms with Crippen LogP contribution in [0.2, 0.25) is 19.1 Å². The van der Waals surface area contributed by atoms with E-state index in [9.17, 15) is 0 Å². The Bertz CT molecular complexity index is 142. The second-order valence-corrected chi connectivity index (χ2v) is 8.77. The lowest BCUT2D eigenvalue weighted by atomic mass is 10.2. The molecule has 0 aromatic heterocycles. The molecule has 4 heteroatoms. The van der Waals surface area contributed by atoms with Gasteiger partial charge in [0.25, 0.3) is 0 Å². The van der Waals surface area contributed by atoms with Crippen LogP contribution in [-0.2, 0) is 4.43 Å². The van der Waals surface area contributed by atoms with Crippen LogP contribution in [0, 0.1) is 0 Å². The third-order valence-corrected chi connectivity index (χ3v) is 4.92. The third kappa shape index (κ3) is 7.50. The fourth-order valence-corrected chi connectivity index (χ4v) is 3.98. The Hall–Kier alpha value is 0.0969. The molecule has 0 aliphatic rings. The summed E-state index contributed by atoms with van der Waals surface area (Å²) in [6.45, 7) is 8.21. The zero-order chi connectivity index (χ0) is 11.0. The van der Waals surface area contributed by atoms with Crippen LogP contribution < -0.4 is 11.5 Å². The van der Waals surface area contributed by atoms with Crippen molar-refractivity contribution in [2.75, 3.05) is 13.1 Å². The quantitative estimate of drug-likeness (QED) is 0.609. The van der Waals surface area contributed by atoms with Crippen LogP contribution in [-0.4, -0.2) is 27.5 Å². The molecule has 0 aliphatic heterocycles. The molecule has 4 N–H and O–H groups in total. The Kier molecular flexibility index (Phi) is 7.45. The first-order chi connectivity index (χ1) is 6.52. The summed E-state index contributed by atoms with van der Waals surface area (Å²) in [5.41, 5.74) is 11.0. The molecule has 0 saturated carbocycles. The maximum atomic E-state index is 6.07. The van der Waals surface area contributed by atoms with Gasteiger partial charge in [-0.25, -0.2) is 0 Å². The van der Waals surface area contributed by atoms with E-state index in [0.717, 1.165) is 38.4 Å². The maximum absolute atomic E-state index is 6.07. The minimum absolute atomic E-state index is 0.359. The Morgan fingerprint density at radius 2 is 1.71 bits per heavy atom. The highest BCUT2D eigenvalue weighted by Crippen LogP contribution is 2.17. The van der Waals surface area contributed by atoms with Gasteiger partial charge in [-0.2, -0.15) is 0 Å². The average Bonchev–Trinajstić information content (AvgIpc) is 2.11. The van der Waals surface area contributed by atoms with Crippen molar-refractivity contribution in [3.8, 4) is 0 Å². The fraction of sp³-hybridized carbons (Fsp3) is 1.00. The van der Waals surface area contributed by atoms with Gasteiger partial charge in [0.05, 0.1) is 0 Å². The van der Waals surface area contributed by atoms with Gasteiger partial charge in [-0.15, -0.1) is 0 Å². The molecule has 0 aromatic rings.